The molecule has 0 unspecified atom stereocenters. The van der Waals surface area contributed by atoms with E-state index in [0.717, 1.165) is 23.8 Å². The predicted octanol–water partition coefficient (Wildman–Crippen LogP) is 1.21. The van der Waals surface area contributed by atoms with Crippen molar-refractivity contribution >= 4 is 11.8 Å². The summed E-state index contributed by atoms with van der Waals surface area (Å²) in [6, 6.07) is 2.36. The highest BCUT2D eigenvalue weighted by Gasteiger charge is 2.43. The molecule has 1 aromatic heterocycles. The van der Waals surface area contributed by atoms with Gasteiger partial charge in [0.2, 0.25) is 0 Å². The van der Waals surface area contributed by atoms with Gasteiger partial charge in [0.15, 0.2) is 5.16 Å². The van der Waals surface area contributed by atoms with Gasteiger partial charge in [-0.25, -0.2) is 9.67 Å². The van der Waals surface area contributed by atoms with Crippen LogP contribution in [0.4, 0.5) is 0 Å². The summed E-state index contributed by atoms with van der Waals surface area (Å²) in [7, 11) is 1.86. The largest absolute Gasteiger partial charge is 0.244 e. The van der Waals surface area contributed by atoms with Crippen LogP contribution in [0.5, 0.6) is 0 Å². The van der Waals surface area contributed by atoms with Gasteiger partial charge >= 0.3 is 0 Å². The van der Waals surface area contributed by atoms with Crippen LogP contribution in [0.3, 0.4) is 0 Å². The SMILES string of the molecule is Cn1ncnc1SCC1(C#N)CC1. The van der Waals surface area contributed by atoms with Gasteiger partial charge in [-0.15, -0.1) is 0 Å². The minimum Gasteiger partial charge on any atom is -0.244 e. The van der Waals surface area contributed by atoms with Crippen LogP contribution in [0, 0.1) is 16.7 Å². The van der Waals surface area contributed by atoms with Crippen molar-refractivity contribution in [3.8, 4) is 6.07 Å². The molecule has 13 heavy (non-hydrogen) atoms. The summed E-state index contributed by atoms with van der Waals surface area (Å²) in [5, 5.41) is 13.7. The molecule has 0 radical (unpaired) electrons. The zero-order valence-corrected chi connectivity index (χ0v) is 8.21. The lowest BCUT2D eigenvalue weighted by Crippen LogP contribution is -2.01. The summed E-state index contributed by atoms with van der Waals surface area (Å²) in [5.41, 5.74) is -0.0589. The van der Waals surface area contributed by atoms with Gasteiger partial charge in [-0.1, -0.05) is 11.8 Å². The van der Waals surface area contributed by atoms with Crippen molar-refractivity contribution in [3.05, 3.63) is 6.33 Å². The van der Waals surface area contributed by atoms with E-state index < -0.39 is 0 Å². The third-order valence-corrected chi connectivity index (χ3v) is 3.56. The second-order valence-corrected chi connectivity index (χ2v) is 4.29. The van der Waals surface area contributed by atoms with Gasteiger partial charge in [-0.2, -0.15) is 10.4 Å². The molecule has 0 aromatic carbocycles. The molecule has 1 aliphatic rings. The van der Waals surface area contributed by atoms with E-state index in [1.165, 1.54) is 6.33 Å². The minimum atomic E-state index is -0.0589. The number of nitrogens with zero attached hydrogens (tertiary/aromatic N) is 4. The fraction of sp³-hybridized carbons (Fsp3) is 0.625. The van der Waals surface area contributed by atoms with Crippen LogP contribution in [0.15, 0.2) is 11.5 Å². The number of hydrogen-bond acceptors (Lipinski definition) is 4. The molecule has 0 aliphatic heterocycles. The van der Waals surface area contributed by atoms with Gasteiger partial charge in [-0.05, 0) is 12.8 Å². The molecule has 1 heterocycles. The Labute approximate surface area is 81.0 Å². The van der Waals surface area contributed by atoms with Crippen molar-refractivity contribution < 1.29 is 0 Å². The van der Waals surface area contributed by atoms with E-state index in [4.69, 9.17) is 5.26 Å². The zero-order chi connectivity index (χ0) is 9.31. The van der Waals surface area contributed by atoms with Crippen LogP contribution in [0.1, 0.15) is 12.8 Å². The first-order chi connectivity index (χ1) is 6.26. The maximum atomic E-state index is 8.85. The molecule has 1 saturated carbocycles. The molecule has 1 aromatic rings. The van der Waals surface area contributed by atoms with E-state index in [-0.39, 0.29) is 5.41 Å². The number of nitriles is 1. The molecule has 5 heteroatoms. The molecule has 0 saturated heterocycles. The van der Waals surface area contributed by atoms with Crippen LogP contribution in [-0.4, -0.2) is 20.5 Å². The lowest BCUT2D eigenvalue weighted by atomic mass is 10.2. The number of rotatable bonds is 3. The van der Waals surface area contributed by atoms with Crippen molar-refractivity contribution in [1.29, 1.82) is 5.26 Å². The summed E-state index contributed by atoms with van der Waals surface area (Å²) in [5.74, 6) is 0.843. The second-order valence-electron chi connectivity index (χ2n) is 3.35. The molecular weight excluding hydrogens is 184 g/mol. The maximum absolute atomic E-state index is 8.85. The first-order valence-electron chi connectivity index (χ1n) is 4.14. The third-order valence-electron chi connectivity index (χ3n) is 2.24. The van der Waals surface area contributed by atoms with Crippen LogP contribution in [0.2, 0.25) is 0 Å². The zero-order valence-electron chi connectivity index (χ0n) is 7.40. The Morgan fingerprint density at radius 1 is 1.77 bits per heavy atom. The summed E-state index contributed by atoms with van der Waals surface area (Å²) < 4.78 is 1.73. The molecule has 1 aliphatic carbocycles. The summed E-state index contributed by atoms with van der Waals surface area (Å²) in [4.78, 5) is 4.09. The van der Waals surface area contributed by atoms with Crippen LogP contribution in [-0.2, 0) is 7.05 Å². The third kappa shape index (κ3) is 1.68. The predicted molar refractivity (Wildman–Crippen MR) is 49.0 cm³/mol. The van der Waals surface area contributed by atoms with Gasteiger partial charge in [-0.3, -0.25) is 0 Å². The first-order valence-corrected chi connectivity index (χ1v) is 5.12. The van der Waals surface area contributed by atoms with E-state index >= 15 is 0 Å². The lowest BCUT2D eigenvalue weighted by molar-refractivity contribution is 0.681. The Hall–Kier alpha value is -1.02. The van der Waals surface area contributed by atoms with Crippen molar-refractivity contribution in [2.24, 2.45) is 12.5 Å². The van der Waals surface area contributed by atoms with E-state index in [0.29, 0.717) is 0 Å². The average Bonchev–Trinajstić information content (AvgIpc) is 2.82. The topological polar surface area (TPSA) is 54.5 Å². The number of hydrogen-bond donors (Lipinski definition) is 0. The van der Waals surface area contributed by atoms with E-state index in [1.807, 2.05) is 7.05 Å². The van der Waals surface area contributed by atoms with Crippen LogP contribution in [0.25, 0.3) is 0 Å². The molecule has 1 fully saturated rings. The molecule has 0 amide bonds. The molecule has 0 N–H and O–H groups in total. The highest BCUT2D eigenvalue weighted by atomic mass is 32.2. The van der Waals surface area contributed by atoms with Crippen molar-refractivity contribution in [1.82, 2.24) is 14.8 Å². The molecule has 68 valence electrons. The summed E-state index contributed by atoms with van der Waals surface area (Å²) >= 11 is 1.61. The smallest absolute Gasteiger partial charge is 0.185 e. The Morgan fingerprint density at radius 2 is 2.54 bits per heavy atom. The van der Waals surface area contributed by atoms with Crippen LogP contribution < -0.4 is 0 Å². The Bertz CT molecular complexity index is 347. The molecular formula is C8H10N4S. The lowest BCUT2D eigenvalue weighted by Gasteiger charge is -2.03. The van der Waals surface area contributed by atoms with Crippen molar-refractivity contribution in [3.63, 3.8) is 0 Å². The van der Waals surface area contributed by atoms with Gasteiger partial charge in [0.25, 0.3) is 0 Å². The Balaban J connectivity index is 1.94. The minimum absolute atomic E-state index is 0.0589. The standard InChI is InChI=1S/C8H10N4S/c1-12-7(10-6-11-12)13-5-8(4-9)2-3-8/h6H,2-3,5H2,1H3. The molecule has 0 spiro atoms. The molecule has 0 bridgehead atoms. The van der Waals surface area contributed by atoms with Crippen LogP contribution >= 0.6 is 11.8 Å². The monoisotopic (exact) mass is 194 g/mol. The highest BCUT2D eigenvalue weighted by molar-refractivity contribution is 7.99. The van der Waals surface area contributed by atoms with E-state index in [2.05, 4.69) is 16.2 Å². The average molecular weight is 194 g/mol. The number of thioether (sulfide) groups is 1. The molecule has 4 nitrogen and oxygen atoms in total. The van der Waals surface area contributed by atoms with Gasteiger partial charge < -0.3 is 0 Å². The number of aromatic nitrogens is 3. The summed E-state index contributed by atoms with van der Waals surface area (Å²) in [6.45, 7) is 0. The second kappa shape index (κ2) is 3.04. The molecule has 0 atom stereocenters. The highest BCUT2D eigenvalue weighted by Crippen LogP contribution is 2.48. The van der Waals surface area contributed by atoms with Gasteiger partial charge in [0, 0.05) is 12.8 Å². The fourth-order valence-electron chi connectivity index (χ4n) is 1.06. The van der Waals surface area contributed by atoms with Crippen molar-refractivity contribution in [2.45, 2.75) is 18.0 Å². The van der Waals surface area contributed by atoms with Gasteiger partial charge in [0.05, 0.1) is 11.5 Å². The Kier molecular flexibility index (Phi) is 2.00. The summed E-state index contributed by atoms with van der Waals surface area (Å²) in [6.07, 6.45) is 3.61. The first kappa shape index (κ1) is 8.57. The fourth-order valence-corrected chi connectivity index (χ4v) is 2.17. The van der Waals surface area contributed by atoms with Gasteiger partial charge in [0.1, 0.15) is 6.33 Å². The Morgan fingerprint density at radius 3 is 3.00 bits per heavy atom. The quantitative estimate of drug-likeness (QED) is 0.679. The maximum Gasteiger partial charge on any atom is 0.185 e. The van der Waals surface area contributed by atoms with E-state index in [1.54, 1.807) is 16.4 Å². The molecule has 2 rings (SSSR count). The van der Waals surface area contributed by atoms with Crippen molar-refractivity contribution in [2.75, 3.05) is 5.75 Å². The normalized spacial score (nSPS) is 18.2. The van der Waals surface area contributed by atoms with E-state index in [9.17, 15) is 0 Å². The number of aryl methyl sites for hydroxylation is 1.